The molecule has 1 heterocycles. The van der Waals surface area contributed by atoms with Crippen molar-refractivity contribution in [2.75, 3.05) is 13.2 Å². The number of hydrogen-bond acceptors (Lipinski definition) is 3. The zero-order valence-electron chi connectivity index (χ0n) is 15.1. The van der Waals surface area contributed by atoms with Gasteiger partial charge in [0.1, 0.15) is 0 Å². The van der Waals surface area contributed by atoms with Gasteiger partial charge in [-0.25, -0.2) is 0 Å². The highest BCUT2D eigenvalue weighted by atomic mass is 32.1. The molecule has 0 spiro atoms. The first-order valence-corrected chi connectivity index (χ1v) is 9.82. The number of amides is 1. The van der Waals surface area contributed by atoms with Gasteiger partial charge in [0.2, 0.25) is 0 Å². The Bertz CT molecular complexity index is 1160. The zero-order chi connectivity index (χ0) is 18.6. The Morgan fingerprint density at radius 2 is 1.81 bits per heavy atom. The lowest BCUT2D eigenvalue weighted by molar-refractivity contribution is 0.0996. The fraction of sp³-hybridized carbons (Fsp3) is 0.182. The number of hydrogen-bond donors (Lipinski definition) is 0. The zero-order valence-corrected chi connectivity index (χ0v) is 15.9. The quantitative estimate of drug-likeness (QED) is 0.477. The molecule has 4 nitrogen and oxygen atoms in total. The van der Waals surface area contributed by atoms with Gasteiger partial charge in [-0.05, 0) is 30.5 Å². The van der Waals surface area contributed by atoms with Gasteiger partial charge in [-0.15, -0.1) is 0 Å². The molecule has 4 aromatic rings. The van der Waals surface area contributed by atoms with E-state index in [9.17, 15) is 4.79 Å². The molecule has 4 rings (SSSR count). The summed E-state index contributed by atoms with van der Waals surface area (Å²) in [6, 6.07) is 21.7. The van der Waals surface area contributed by atoms with E-state index < -0.39 is 0 Å². The number of ether oxygens (including phenoxy) is 1. The van der Waals surface area contributed by atoms with Crippen LogP contribution in [0.3, 0.4) is 0 Å². The molecule has 1 amide bonds. The van der Waals surface area contributed by atoms with Crippen LogP contribution in [0.5, 0.6) is 0 Å². The number of benzene rings is 3. The van der Waals surface area contributed by atoms with E-state index in [1.54, 1.807) is 23.5 Å². The highest BCUT2D eigenvalue weighted by molar-refractivity contribution is 7.17. The molecule has 0 radical (unpaired) electrons. The van der Waals surface area contributed by atoms with Crippen molar-refractivity contribution >= 4 is 38.2 Å². The van der Waals surface area contributed by atoms with Crippen LogP contribution in [-0.4, -0.2) is 23.7 Å². The molecule has 27 heavy (non-hydrogen) atoms. The Morgan fingerprint density at radius 1 is 1.04 bits per heavy atom. The summed E-state index contributed by atoms with van der Waals surface area (Å²) in [6.45, 7) is 3.89. The Labute approximate surface area is 161 Å². The standard InChI is InChI=1S/C22H20N2O2S/c1-2-26-15-14-24-19-13-12-16-8-6-7-11-18(16)20(19)27-22(24)23-21(25)17-9-4-3-5-10-17/h3-13H,2,14-15H2,1H3. The highest BCUT2D eigenvalue weighted by Crippen LogP contribution is 2.27. The van der Waals surface area contributed by atoms with E-state index in [0.29, 0.717) is 30.1 Å². The summed E-state index contributed by atoms with van der Waals surface area (Å²) in [6.07, 6.45) is 0. The van der Waals surface area contributed by atoms with Crippen LogP contribution in [0.4, 0.5) is 0 Å². The lowest BCUT2D eigenvalue weighted by Crippen LogP contribution is -2.19. The minimum absolute atomic E-state index is 0.225. The van der Waals surface area contributed by atoms with Crippen LogP contribution in [0.15, 0.2) is 71.7 Å². The molecule has 0 unspecified atom stereocenters. The van der Waals surface area contributed by atoms with Crippen LogP contribution in [-0.2, 0) is 11.3 Å². The van der Waals surface area contributed by atoms with Gasteiger partial charge >= 0.3 is 0 Å². The van der Waals surface area contributed by atoms with Crippen molar-refractivity contribution in [1.29, 1.82) is 0 Å². The molecular formula is C22H20N2O2S. The predicted octanol–water partition coefficient (Wildman–Crippen LogP) is 4.63. The Balaban J connectivity index is 1.89. The van der Waals surface area contributed by atoms with E-state index in [2.05, 4.69) is 33.8 Å². The Kier molecular flexibility index (Phi) is 5.14. The number of aromatic nitrogens is 1. The summed E-state index contributed by atoms with van der Waals surface area (Å²) in [5, 5.41) is 2.36. The van der Waals surface area contributed by atoms with Gasteiger partial charge in [-0.2, -0.15) is 4.99 Å². The molecule has 0 aliphatic carbocycles. The van der Waals surface area contributed by atoms with E-state index in [1.165, 1.54) is 10.8 Å². The molecule has 0 N–H and O–H groups in total. The minimum atomic E-state index is -0.225. The number of nitrogens with zero attached hydrogens (tertiary/aromatic N) is 2. The van der Waals surface area contributed by atoms with E-state index in [1.807, 2.05) is 37.3 Å². The Hall–Kier alpha value is -2.76. The monoisotopic (exact) mass is 376 g/mol. The normalized spacial score (nSPS) is 12.1. The lowest BCUT2D eigenvalue weighted by Gasteiger charge is -2.06. The second-order valence-electron chi connectivity index (χ2n) is 6.15. The summed E-state index contributed by atoms with van der Waals surface area (Å²) in [4.78, 5) is 17.8. The maximum absolute atomic E-state index is 12.6. The van der Waals surface area contributed by atoms with Crippen molar-refractivity contribution < 1.29 is 9.53 Å². The third kappa shape index (κ3) is 3.56. The molecule has 0 aliphatic heterocycles. The molecule has 5 heteroatoms. The second-order valence-corrected chi connectivity index (χ2v) is 7.13. The van der Waals surface area contributed by atoms with Crippen molar-refractivity contribution in [1.82, 2.24) is 4.57 Å². The van der Waals surface area contributed by atoms with Crippen molar-refractivity contribution in [3.05, 3.63) is 77.1 Å². The van der Waals surface area contributed by atoms with Crippen LogP contribution in [0.25, 0.3) is 21.0 Å². The Morgan fingerprint density at radius 3 is 2.63 bits per heavy atom. The SMILES string of the molecule is CCOCCn1c(=NC(=O)c2ccccc2)sc2c3ccccc3ccc21. The minimum Gasteiger partial charge on any atom is -0.380 e. The van der Waals surface area contributed by atoms with E-state index >= 15 is 0 Å². The summed E-state index contributed by atoms with van der Waals surface area (Å²) < 4.78 is 8.77. The van der Waals surface area contributed by atoms with E-state index in [-0.39, 0.29) is 5.91 Å². The van der Waals surface area contributed by atoms with E-state index in [0.717, 1.165) is 10.2 Å². The maximum Gasteiger partial charge on any atom is 0.279 e. The van der Waals surface area contributed by atoms with Gasteiger partial charge in [-0.3, -0.25) is 4.79 Å². The largest absolute Gasteiger partial charge is 0.380 e. The van der Waals surface area contributed by atoms with Gasteiger partial charge in [0.25, 0.3) is 5.91 Å². The fourth-order valence-electron chi connectivity index (χ4n) is 3.13. The van der Waals surface area contributed by atoms with Crippen LogP contribution in [0.2, 0.25) is 0 Å². The molecule has 0 atom stereocenters. The van der Waals surface area contributed by atoms with Crippen molar-refractivity contribution in [3.63, 3.8) is 0 Å². The summed E-state index contributed by atoms with van der Waals surface area (Å²) >= 11 is 1.55. The first-order valence-electron chi connectivity index (χ1n) is 9.01. The van der Waals surface area contributed by atoms with Crippen LogP contribution in [0.1, 0.15) is 17.3 Å². The average Bonchev–Trinajstić information content (AvgIpc) is 3.06. The lowest BCUT2D eigenvalue weighted by atomic mass is 10.1. The van der Waals surface area contributed by atoms with E-state index in [4.69, 9.17) is 4.74 Å². The topological polar surface area (TPSA) is 43.6 Å². The molecular weight excluding hydrogens is 356 g/mol. The van der Waals surface area contributed by atoms with Crippen LogP contribution >= 0.6 is 11.3 Å². The highest BCUT2D eigenvalue weighted by Gasteiger charge is 2.11. The number of carbonyl (C=O) groups is 1. The van der Waals surface area contributed by atoms with Gasteiger partial charge < -0.3 is 9.30 Å². The molecule has 0 fully saturated rings. The van der Waals surface area contributed by atoms with Crippen LogP contribution in [0, 0.1) is 0 Å². The maximum atomic E-state index is 12.6. The van der Waals surface area contributed by atoms with Gasteiger partial charge in [0, 0.05) is 24.1 Å². The summed E-state index contributed by atoms with van der Waals surface area (Å²) in [5.41, 5.74) is 1.68. The second kappa shape index (κ2) is 7.86. The molecule has 3 aromatic carbocycles. The summed E-state index contributed by atoms with van der Waals surface area (Å²) in [5.74, 6) is -0.225. The molecule has 136 valence electrons. The smallest absolute Gasteiger partial charge is 0.279 e. The number of thiazole rings is 1. The summed E-state index contributed by atoms with van der Waals surface area (Å²) in [7, 11) is 0. The third-order valence-electron chi connectivity index (χ3n) is 4.46. The first-order chi connectivity index (χ1) is 13.3. The van der Waals surface area contributed by atoms with Gasteiger partial charge in [0.05, 0.1) is 16.8 Å². The number of rotatable bonds is 5. The average molecular weight is 376 g/mol. The molecule has 0 bridgehead atoms. The predicted molar refractivity (Wildman–Crippen MR) is 110 cm³/mol. The van der Waals surface area contributed by atoms with Crippen molar-refractivity contribution in [2.24, 2.45) is 4.99 Å². The van der Waals surface area contributed by atoms with Crippen molar-refractivity contribution in [2.45, 2.75) is 13.5 Å². The third-order valence-corrected chi connectivity index (χ3v) is 5.58. The van der Waals surface area contributed by atoms with Gasteiger partial charge in [0.15, 0.2) is 4.80 Å². The number of fused-ring (bicyclic) bond motifs is 3. The van der Waals surface area contributed by atoms with Gasteiger partial charge in [-0.1, -0.05) is 59.9 Å². The molecule has 0 saturated heterocycles. The fourth-order valence-corrected chi connectivity index (χ4v) is 4.32. The first kappa shape index (κ1) is 17.6. The molecule has 0 aliphatic rings. The number of carbonyl (C=O) groups excluding carboxylic acids is 1. The molecule has 1 aromatic heterocycles. The van der Waals surface area contributed by atoms with Crippen LogP contribution < -0.4 is 4.80 Å². The molecule has 0 saturated carbocycles. The van der Waals surface area contributed by atoms with Crippen molar-refractivity contribution in [3.8, 4) is 0 Å².